The molecule has 0 bridgehead atoms. The summed E-state index contributed by atoms with van der Waals surface area (Å²) in [4.78, 5) is 1.31. The Morgan fingerprint density at radius 1 is 1.42 bits per heavy atom. The third-order valence-electron chi connectivity index (χ3n) is 1.77. The monoisotopic (exact) mass is 243 g/mol. The van der Waals surface area contributed by atoms with Crippen molar-refractivity contribution in [1.82, 2.24) is 0 Å². The molecule has 0 atom stereocenters. The average molecular weight is 244 g/mol. The maximum Gasteiger partial charge on any atom is 0.0331 e. The lowest BCUT2D eigenvalue weighted by Gasteiger charge is -2.03. The highest BCUT2D eigenvalue weighted by atomic mass is 79.9. The summed E-state index contributed by atoms with van der Waals surface area (Å²) in [5.41, 5.74) is 6.46. The summed E-state index contributed by atoms with van der Waals surface area (Å²) in [6, 6.07) is 6.00. The second-order valence-electron chi connectivity index (χ2n) is 3.01. The summed E-state index contributed by atoms with van der Waals surface area (Å²) < 4.78 is 1.12. The van der Waals surface area contributed by atoms with Gasteiger partial charge in [-0.05, 0) is 47.0 Å². The third-order valence-corrected chi connectivity index (χ3v) is 4.11. The minimum atomic E-state index is 0.821. The Morgan fingerprint density at radius 3 is 2.75 bits per heavy atom. The molecule has 0 saturated heterocycles. The largest absolute Gasteiger partial charge is 0.399 e. The van der Waals surface area contributed by atoms with Gasteiger partial charge >= 0.3 is 0 Å². The molecule has 0 unspecified atom stereocenters. The minimum Gasteiger partial charge on any atom is -0.399 e. The summed E-state index contributed by atoms with van der Waals surface area (Å²) >= 11 is 5.44. The first-order valence-electron chi connectivity index (χ1n) is 3.97. The van der Waals surface area contributed by atoms with Gasteiger partial charge in [0.25, 0.3) is 0 Å². The van der Waals surface area contributed by atoms with E-state index in [0.717, 1.165) is 15.4 Å². The van der Waals surface area contributed by atoms with E-state index in [1.165, 1.54) is 17.7 Å². The van der Waals surface area contributed by atoms with E-state index in [1.54, 1.807) is 0 Å². The van der Waals surface area contributed by atoms with Gasteiger partial charge in [0.1, 0.15) is 0 Å². The zero-order chi connectivity index (χ0) is 8.55. The second-order valence-corrected chi connectivity index (χ2v) is 5.20. The molecule has 12 heavy (non-hydrogen) atoms. The van der Waals surface area contributed by atoms with Crippen LogP contribution >= 0.6 is 27.7 Å². The standard InChI is InChI=1S/C9H10BrNS/c10-8-5-6(11)1-4-9(8)12-7-2-3-7/h1,4-5,7H,2-3,11H2. The van der Waals surface area contributed by atoms with Crippen molar-refractivity contribution in [3.63, 3.8) is 0 Å². The fourth-order valence-electron chi connectivity index (χ4n) is 0.978. The SMILES string of the molecule is Nc1ccc(SC2CC2)c(Br)c1. The van der Waals surface area contributed by atoms with Gasteiger partial charge in [-0.15, -0.1) is 11.8 Å². The molecule has 1 aromatic carbocycles. The Bertz CT molecular complexity index is 297. The lowest BCUT2D eigenvalue weighted by atomic mass is 10.3. The molecule has 64 valence electrons. The molecule has 0 spiro atoms. The van der Waals surface area contributed by atoms with Crippen molar-refractivity contribution in [3.05, 3.63) is 22.7 Å². The normalized spacial score (nSPS) is 16.4. The van der Waals surface area contributed by atoms with Crippen LogP contribution in [0.4, 0.5) is 5.69 Å². The van der Waals surface area contributed by atoms with Crippen LogP contribution in [-0.4, -0.2) is 5.25 Å². The van der Waals surface area contributed by atoms with Gasteiger partial charge in [0.05, 0.1) is 0 Å². The molecule has 2 rings (SSSR count). The van der Waals surface area contributed by atoms with E-state index in [2.05, 4.69) is 22.0 Å². The lowest BCUT2D eigenvalue weighted by molar-refractivity contribution is 1.38. The van der Waals surface area contributed by atoms with Crippen molar-refractivity contribution < 1.29 is 0 Å². The number of benzene rings is 1. The van der Waals surface area contributed by atoms with Crippen molar-refractivity contribution in [2.45, 2.75) is 23.0 Å². The summed E-state index contributed by atoms with van der Waals surface area (Å²) in [5.74, 6) is 0. The van der Waals surface area contributed by atoms with E-state index in [1.807, 2.05) is 23.9 Å². The molecule has 2 N–H and O–H groups in total. The highest BCUT2D eigenvalue weighted by molar-refractivity contribution is 9.10. The first-order chi connectivity index (χ1) is 5.75. The fourth-order valence-corrected chi connectivity index (χ4v) is 2.70. The number of nitrogen functional groups attached to an aromatic ring is 1. The van der Waals surface area contributed by atoms with E-state index >= 15 is 0 Å². The van der Waals surface area contributed by atoms with Crippen LogP contribution < -0.4 is 5.73 Å². The zero-order valence-electron chi connectivity index (χ0n) is 6.59. The molecule has 0 aliphatic heterocycles. The van der Waals surface area contributed by atoms with Gasteiger partial charge in [-0.2, -0.15) is 0 Å². The van der Waals surface area contributed by atoms with Crippen LogP contribution in [-0.2, 0) is 0 Å². The van der Waals surface area contributed by atoms with Crippen LogP contribution in [0.15, 0.2) is 27.6 Å². The maximum absolute atomic E-state index is 5.63. The predicted octanol–water partition coefficient (Wildman–Crippen LogP) is 3.29. The molecule has 0 heterocycles. The van der Waals surface area contributed by atoms with Crippen LogP contribution in [0.25, 0.3) is 0 Å². The van der Waals surface area contributed by atoms with E-state index in [-0.39, 0.29) is 0 Å². The Kier molecular flexibility index (Phi) is 2.33. The summed E-state index contributed by atoms with van der Waals surface area (Å²) in [7, 11) is 0. The number of thioether (sulfide) groups is 1. The van der Waals surface area contributed by atoms with E-state index in [0.29, 0.717) is 0 Å². The molecule has 1 nitrogen and oxygen atoms in total. The number of hydrogen-bond donors (Lipinski definition) is 1. The number of anilines is 1. The summed E-state index contributed by atoms with van der Waals surface area (Å²) in [6.45, 7) is 0. The fraction of sp³-hybridized carbons (Fsp3) is 0.333. The van der Waals surface area contributed by atoms with Crippen LogP contribution in [0.3, 0.4) is 0 Å². The number of hydrogen-bond acceptors (Lipinski definition) is 2. The highest BCUT2D eigenvalue weighted by Gasteiger charge is 2.23. The molecular formula is C9H10BrNS. The molecule has 0 amide bonds. The number of halogens is 1. The predicted molar refractivity (Wildman–Crippen MR) is 57.4 cm³/mol. The molecule has 0 radical (unpaired) electrons. The quantitative estimate of drug-likeness (QED) is 0.808. The Morgan fingerprint density at radius 2 is 2.17 bits per heavy atom. The molecule has 1 fully saturated rings. The molecule has 3 heteroatoms. The minimum absolute atomic E-state index is 0.821. The molecule has 1 aromatic rings. The van der Waals surface area contributed by atoms with Gasteiger partial charge in [0.15, 0.2) is 0 Å². The van der Waals surface area contributed by atoms with Gasteiger partial charge in [0, 0.05) is 20.3 Å². The Balaban J connectivity index is 2.18. The highest BCUT2D eigenvalue weighted by Crippen LogP contribution is 2.42. The summed E-state index contributed by atoms with van der Waals surface area (Å²) in [6.07, 6.45) is 2.73. The van der Waals surface area contributed by atoms with Gasteiger partial charge in [-0.3, -0.25) is 0 Å². The maximum atomic E-state index is 5.63. The van der Waals surface area contributed by atoms with Gasteiger partial charge in [-0.25, -0.2) is 0 Å². The summed E-state index contributed by atoms with van der Waals surface area (Å²) in [5, 5.41) is 0.852. The van der Waals surface area contributed by atoms with Crippen molar-refractivity contribution in [3.8, 4) is 0 Å². The van der Waals surface area contributed by atoms with Crippen LogP contribution in [0.1, 0.15) is 12.8 Å². The van der Waals surface area contributed by atoms with Crippen LogP contribution in [0.2, 0.25) is 0 Å². The first-order valence-corrected chi connectivity index (χ1v) is 5.64. The Hall–Kier alpha value is -0.150. The van der Waals surface area contributed by atoms with Crippen LogP contribution in [0.5, 0.6) is 0 Å². The van der Waals surface area contributed by atoms with Crippen molar-refractivity contribution >= 4 is 33.4 Å². The molecular weight excluding hydrogens is 234 g/mol. The first kappa shape index (κ1) is 8.45. The third kappa shape index (κ3) is 1.96. The molecule has 1 aliphatic rings. The Labute approximate surface area is 84.9 Å². The van der Waals surface area contributed by atoms with Crippen LogP contribution in [0, 0.1) is 0 Å². The topological polar surface area (TPSA) is 26.0 Å². The zero-order valence-corrected chi connectivity index (χ0v) is 8.99. The van der Waals surface area contributed by atoms with Gasteiger partial charge in [-0.1, -0.05) is 0 Å². The lowest BCUT2D eigenvalue weighted by Crippen LogP contribution is -1.85. The number of nitrogens with two attached hydrogens (primary N) is 1. The molecule has 0 aromatic heterocycles. The van der Waals surface area contributed by atoms with E-state index in [9.17, 15) is 0 Å². The van der Waals surface area contributed by atoms with Gasteiger partial charge in [0.2, 0.25) is 0 Å². The average Bonchev–Trinajstić information content (AvgIpc) is 2.79. The van der Waals surface area contributed by atoms with E-state index < -0.39 is 0 Å². The smallest absolute Gasteiger partial charge is 0.0331 e. The van der Waals surface area contributed by atoms with Crippen molar-refractivity contribution in [2.24, 2.45) is 0 Å². The van der Waals surface area contributed by atoms with Crippen molar-refractivity contribution in [1.29, 1.82) is 0 Å². The second kappa shape index (κ2) is 3.30. The van der Waals surface area contributed by atoms with Gasteiger partial charge < -0.3 is 5.73 Å². The molecule has 1 aliphatic carbocycles. The molecule has 1 saturated carbocycles. The van der Waals surface area contributed by atoms with E-state index in [4.69, 9.17) is 5.73 Å². The number of rotatable bonds is 2. The van der Waals surface area contributed by atoms with Crippen molar-refractivity contribution in [2.75, 3.05) is 5.73 Å².